The van der Waals surface area contributed by atoms with Crippen LogP contribution in [-0.2, 0) is 6.54 Å². The van der Waals surface area contributed by atoms with Gasteiger partial charge in [-0.1, -0.05) is 24.3 Å². The van der Waals surface area contributed by atoms with E-state index in [1.807, 2.05) is 31.2 Å². The van der Waals surface area contributed by atoms with E-state index in [1.54, 1.807) is 19.2 Å². The lowest BCUT2D eigenvalue weighted by molar-refractivity contribution is -0.0498. The van der Waals surface area contributed by atoms with Crippen LogP contribution in [0, 0.1) is 0 Å². The summed E-state index contributed by atoms with van der Waals surface area (Å²) < 4.78 is 33.9. The minimum Gasteiger partial charge on any atom is -0.497 e. The summed E-state index contributed by atoms with van der Waals surface area (Å²) in [5.74, 6) is 1.37. The molecule has 1 atom stereocenters. The number of ether oxygens (including phenoxy) is 2. The van der Waals surface area contributed by atoms with E-state index >= 15 is 0 Å². The monoisotopic (exact) mass is 521 g/mol. The molecule has 0 heterocycles. The zero-order chi connectivity index (χ0) is 20.4. The SMILES string of the molecule is CCNC(=NCc1cccc(OC)c1)NCC(O)c1ccc(OC(F)F)cc1.I. The van der Waals surface area contributed by atoms with E-state index in [4.69, 9.17) is 4.74 Å². The molecule has 1 unspecified atom stereocenters. The molecule has 0 aliphatic rings. The fraction of sp³-hybridized carbons (Fsp3) is 0.350. The van der Waals surface area contributed by atoms with Crippen LogP contribution >= 0.6 is 24.0 Å². The Hall–Kier alpha value is -2.14. The van der Waals surface area contributed by atoms with Gasteiger partial charge in [0.2, 0.25) is 0 Å². The maximum Gasteiger partial charge on any atom is 0.387 e. The number of alkyl halides is 2. The average molecular weight is 521 g/mol. The van der Waals surface area contributed by atoms with Gasteiger partial charge in [0, 0.05) is 13.1 Å². The highest BCUT2D eigenvalue weighted by molar-refractivity contribution is 14.0. The second-order valence-corrected chi connectivity index (χ2v) is 5.89. The van der Waals surface area contributed by atoms with Crippen LogP contribution in [0.25, 0.3) is 0 Å². The zero-order valence-electron chi connectivity index (χ0n) is 16.3. The van der Waals surface area contributed by atoms with Gasteiger partial charge in [0.15, 0.2) is 5.96 Å². The van der Waals surface area contributed by atoms with E-state index in [1.165, 1.54) is 12.1 Å². The number of nitrogens with one attached hydrogen (secondary N) is 2. The van der Waals surface area contributed by atoms with Crippen molar-refractivity contribution < 1.29 is 23.4 Å². The van der Waals surface area contributed by atoms with Gasteiger partial charge in [-0.3, -0.25) is 0 Å². The Bertz CT molecular complexity index is 761. The van der Waals surface area contributed by atoms with Gasteiger partial charge in [0.1, 0.15) is 11.5 Å². The van der Waals surface area contributed by atoms with E-state index in [2.05, 4.69) is 20.4 Å². The molecule has 6 nitrogen and oxygen atoms in total. The van der Waals surface area contributed by atoms with E-state index in [9.17, 15) is 13.9 Å². The molecule has 160 valence electrons. The van der Waals surface area contributed by atoms with Crippen LogP contribution in [-0.4, -0.2) is 37.9 Å². The third kappa shape index (κ3) is 8.82. The number of methoxy groups -OCH3 is 1. The number of hydrogen-bond acceptors (Lipinski definition) is 4. The number of halogens is 3. The van der Waals surface area contributed by atoms with Crippen molar-refractivity contribution in [1.29, 1.82) is 0 Å². The second-order valence-electron chi connectivity index (χ2n) is 5.89. The Morgan fingerprint density at radius 3 is 2.45 bits per heavy atom. The number of nitrogens with zero attached hydrogens (tertiary/aromatic N) is 1. The molecule has 0 saturated heterocycles. The molecule has 3 N–H and O–H groups in total. The minimum atomic E-state index is -2.87. The Morgan fingerprint density at radius 2 is 1.83 bits per heavy atom. The topological polar surface area (TPSA) is 75.1 Å². The largest absolute Gasteiger partial charge is 0.497 e. The zero-order valence-corrected chi connectivity index (χ0v) is 18.6. The normalized spacial score (nSPS) is 12.1. The first-order chi connectivity index (χ1) is 13.5. The number of aliphatic hydroxyl groups excluding tert-OH is 1. The standard InChI is InChI=1S/C20H25F2N3O3.HI/c1-3-23-20(24-12-14-5-4-6-17(11-14)27-2)25-13-18(26)15-7-9-16(10-8-15)28-19(21)22;/h4-11,18-19,26H,3,12-13H2,1-2H3,(H2,23,24,25);1H. The Labute approximate surface area is 186 Å². The number of aliphatic hydroxyl groups is 1. The van der Waals surface area contributed by atoms with Crippen LogP contribution in [0.5, 0.6) is 11.5 Å². The molecule has 0 bridgehead atoms. The van der Waals surface area contributed by atoms with Crippen LogP contribution in [0.3, 0.4) is 0 Å². The predicted molar refractivity (Wildman–Crippen MR) is 119 cm³/mol. The summed E-state index contributed by atoms with van der Waals surface area (Å²) in [4.78, 5) is 4.50. The fourth-order valence-corrected chi connectivity index (χ4v) is 2.47. The van der Waals surface area contributed by atoms with Crippen molar-refractivity contribution in [2.45, 2.75) is 26.2 Å². The molecule has 2 aromatic rings. The van der Waals surface area contributed by atoms with Gasteiger partial charge in [-0.2, -0.15) is 8.78 Å². The molecular weight excluding hydrogens is 495 g/mol. The van der Waals surface area contributed by atoms with Crippen LogP contribution in [0.2, 0.25) is 0 Å². The maximum atomic E-state index is 12.2. The molecule has 0 fully saturated rings. The lowest BCUT2D eigenvalue weighted by Crippen LogP contribution is -2.39. The van der Waals surface area contributed by atoms with E-state index in [0.717, 1.165) is 11.3 Å². The first-order valence-electron chi connectivity index (χ1n) is 8.89. The fourth-order valence-electron chi connectivity index (χ4n) is 2.47. The quantitative estimate of drug-likeness (QED) is 0.267. The van der Waals surface area contributed by atoms with Crippen molar-refractivity contribution in [1.82, 2.24) is 10.6 Å². The number of hydrogen-bond donors (Lipinski definition) is 3. The Balaban J connectivity index is 0.00000420. The number of aliphatic imine (C=N–C) groups is 1. The van der Waals surface area contributed by atoms with E-state index in [0.29, 0.717) is 24.6 Å². The second kappa shape index (κ2) is 13.2. The molecule has 0 aliphatic carbocycles. The van der Waals surface area contributed by atoms with Gasteiger partial charge in [0.05, 0.1) is 19.8 Å². The van der Waals surface area contributed by atoms with Crippen molar-refractivity contribution in [3.63, 3.8) is 0 Å². The minimum absolute atomic E-state index is 0. The highest BCUT2D eigenvalue weighted by Gasteiger charge is 2.10. The van der Waals surface area contributed by atoms with Crippen LogP contribution in [0.4, 0.5) is 8.78 Å². The van der Waals surface area contributed by atoms with Gasteiger partial charge >= 0.3 is 6.61 Å². The van der Waals surface area contributed by atoms with Gasteiger partial charge in [-0.05, 0) is 42.3 Å². The summed E-state index contributed by atoms with van der Waals surface area (Å²) in [6, 6.07) is 13.5. The highest BCUT2D eigenvalue weighted by atomic mass is 127. The van der Waals surface area contributed by atoms with E-state index in [-0.39, 0.29) is 36.3 Å². The average Bonchev–Trinajstić information content (AvgIpc) is 2.70. The summed E-state index contributed by atoms with van der Waals surface area (Å²) in [6.45, 7) is 0.392. The molecule has 0 saturated carbocycles. The molecule has 0 spiro atoms. The van der Waals surface area contributed by atoms with Gasteiger partial charge < -0.3 is 25.2 Å². The molecule has 9 heteroatoms. The van der Waals surface area contributed by atoms with Crippen molar-refractivity contribution in [3.05, 3.63) is 59.7 Å². The van der Waals surface area contributed by atoms with Gasteiger partial charge in [0.25, 0.3) is 0 Å². The summed E-state index contributed by atoms with van der Waals surface area (Å²) in [5, 5.41) is 16.5. The molecule has 0 radical (unpaired) electrons. The summed E-state index contributed by atoms with van der Waals surface area (Å²) >= 11 is 0. The first kappa shape index (κ1) is 24.9. The van der Waals surface area contributed by atoms with Gasteiger partial charge in [-0.15, -0.1) is 24.0 Å². The number of guanidine groups is 1. The number of rotatable bonds is 9. The lowest BCUT2D eigenvalue weighted by atomic mass is 10.1. The third-order valence-electron chi connectivity index (χ3n) is 3.85. The summed E-state index contributed by atoms with van der Waals surface area (Å²) in [7, 11) is 1.61. The first-order valence-corrected chi connectivity index (χ1v) is 8.89. The molecule has 0 amide bonds. The van der Waals surface area contributed by atoms with Crippen LogP contribution < -0.4 is 20.1 Å². The maximum absolute atomic E-state index is 12.2. The lowest BCUT2D eigenvalue weighted by Gasteiger charge is -2.16. The van der Waals surface area contributed by atoms with Crippen molar-refractivity contribution in [3.8, 4) is 11.5 Å². The van der Waals surface area contributed by atoms with Crippen LogP contribution in [0.1, 0.15) is 24.2 Å². The van der Waals surface area contributed by atoms with E-state index < -0.39 is 12.7 Å². The highest BCUT2D eigenvalue weighted by Crippen LogP contribution is 2.19. The molecule has 29 heavy (non-hydrogen) atoms. The van der Waals surface area contributed by atoms with Crippen molar-refractivity contribution in [2.24, 2.45) is 4.99 Å². The summed E-state index contributed by atoms with van der Waals surface area (Å²) in [5.41, 5.74) is 1.57. The molecular formula is C20H26F2IN3O3. The van der Waals surface area contributed by atoms with Gasteiger partial charge in [-0.25, -0.2) is 4.99 Å². The third-order valence-corrected chi connectivity index (χ3v) is 3.85. The summed E-state index contributed by atoms with van der Waals surface area (Å²) in [6.07, 6.45) is -0.832. The molecule has 2 rings (SSSR count). The van der Waals surface area contributed by atoms with Crippen molar-refractivity contribution >= 4 is 29.9 Å². The molecule has 0 aromatic heterocycles. The van der Waals surface area contributed by atoms with Crippen LogP contribution in [0.15, 0.2) is 53.5 Å². The van der Waals surface area contributed by atoms with Crippen molar-refractivity contribution in [2.75, 3.05) is 20.2 Å². The smallest absolute Gasteiger partial charge is 0.387 e. The molecule has 0 aliphatic heterocycles. The number of benzene rings is 2. The molecule has 2 aromatic carbocycles. The predicted octanol–water partition coefficient (Wildman–Crippen LogP) is 3.70. The Kier molecular flexibility index (Phi) is 11.3. The Morgan fingerprint density at radius 1 is 1.10 bits per heavy atom.